The van der Waals surface area contributed by atoms with Gasteiger partial charge in [0.2, 0.25) is 11.7 Å². The fourth-order valence-electron chi connectivity index (χ4n) is 1.90. The highest BCUT2D eigenvalue weighted by Gasteiger charge is 2.13. The van der Waals surface area contributed by atoms with Gasteiger partial charge in [0.05, 0.1) is 10.0 Å². The van der Waals surface area contributed by atoms with Gasteiger partial charge in [-0.2, -0.15) is 4.98 Å². The SMILES string of the molecule is Clc1cccc(-c2noc(CCC#Cc3ccccn3)n2)c1Cl. The molecule has 0 N–H and O–H groups in total. The molecule has 0 spiro atoms. The van der Waals surface area contributed by atoms with Crippen LogP contribution in [0.3, 0.4) is 0 Å². The van der Waals surface area contributed by atoms with Crippen LogP contribution in [0.2, 0.25) is 10.0 Å². The Labute approximate surface area is 143 Å². The molecule has 2 aromatic heterocycles. The summed E-state index contributed by atoms with van der Waals surface area (Å²) in [4.78, 5) is 8.46. The summed E-state index contributed by atoms with van der Waals surface area (Å²) in [7, 11) is 0. The van der Waals surface area contributed by atoms with Crippen molar-refractivity contribution in [3.05, 3.63) is 64.2 Å². The van der Waals surface area contributed by atoms with Crippen LogP contribution in [-0.2, 0) is 6.42 Å². The smallest absolute Gasteiger partial charge is 0.227 e. The van der Waals surface area contributed by atoms with Crippen LogP contribution < -0.4 is 0 Å². The molecular formula is C17H11Cl2N3O. The number of benzene rings is 1. The number of hydrogen-bond donors (Lipinski definition) is 0. The first kappa shape index (κ1) is 15.5. The number of hydrogen-bond acceptors (Lipinski definition) is 4. The van der Waals surface area contributed by atoms with Crippen molar-refractivity contribution < 1.29 is 4.52 Å². The average molecular weight is 344 g/mol. The Kier molecular flexibility index (Phi) is 4.92. The van der Waals surface area contributed by atoms with E-state index in [1.54, 1.807) is 24.4 Å². The molecule has 0 atom stereocenters. The second-order valence-corrected chi connectivity index (χ2v) is 5.42. The first-order chi connectivity index (χ1) is 11.2. The van der Waals surface area contributed by atoms with E-state index >= 15 is 0 Å². The minimum Gasteiger partial charge on any atom is -0.339 e. The Hall–Kier alpha value is -2.35. The summed E-state index contributed by atoms with van der Waals surface area (Å²) in [5.41, 5.74) is 1.39. The third kappa shape index (κ3) is 3.89. The summed E-state index contributed by atoms with van der Waals surface area (Å²) in [6.07, 6.45) is 2.87. The summed E-state index contributed by atoms with van der Waals surface area (Å²) < 4.78 is 5.22. The van der Waals surface area contributed by atoms with E-state index in [1.165, 1.54) is 0 Å². The van der Waals surface area contributed by atoms with Crippen molar-refractivity contribution in [2.24, 2.45) is 0 Å². The minimum atomic E-state index is 0.413. The standard InChI is InChI=1S/C17H11Cl2N3O/c18-14-9-5-8-13(16(14)19)17-21-15(23-22-17)10-2-1-6-12-7-3-4-11-20-12/h3-5,7-9,11H,2,10H2. The third-order valence-electron chi connectivity index (χ3n) is 3.01. The van der Waals surface area contributed by atoms with E-state index < -0.39 is 0 Å². The maximum atomic E-state index is 6.15. The zero-order valence-electron chi connectivity index (χ0n) is 12.0. The highest BCUT2D eigenvalue weighted by molar-refractivity contribution is 6.43. The van der Waals surface area contributed by atoms with E-state index in [9.17, 15) is 0 Å². The zero-order valence-corrected chi connectivity index (χ0v) is 13.5. The predicted octanol–water partition coefficient (Wildman–Crippen LogP) is 4.42. The molecule has 0 bridgehead atoms. The first-order valence-electron chi connectivity index (χ1n) is 6.91. The lowest BCUT2D eigenvalue weighted by Crippen LogP contribution is -1.86. The fraction of sp³-hybridized carbons (Fsp3) is 0.118. The van der Waals surface area contributed by atoms with Crippen molar-refractivity contribution in [1.29, 1.82) is 0 Å². The van der Waals surface area contributed by atoms with Crippen molar-refractivity contribution in [2.45, 2.75) is 12.8 Å². The van der Waals surface area contributed by atoms with Gasteiger partial charge < -0.3 is 4.52 Å². The van der Waals surface area contributed by atoms with E-state index in [1.807, 2.05) is 18.2 Å². The van der Waals surface area contributed by atoms with Gasteiger partial charge in [-0.25, -0.2) is 4.98 Å². The number of pyridine rings is 1. The summed E-state index contributed by atoms with van der Waals surface area (Å²) in [5.74, 6) is 6.94. The number of rotatable bonds is 3. The lowest BCUT2D eigenvalue weighted by atomic mass is 10.2. The molecule has 0 fully saturated rings. The molecule has 6 heteroatoms. The summed E-state index contributed by atoms with van der Waals surface area (Å²) >= 11 is 12.1. The molecule has 4 nitrogen and oxygen atoms in total. The molecule has 0 aliphatic carbocycles. The van der Waals surface area contributed by atoms with Gasteiger partial charge in [-0.05, 0) is 30.2 Å². The lowest BCUT2D eigenvalue weighted by molar-refractivity contribution is 0.380. The second-order valence-electron chi connectivity index (χ2n) is 4.63. The van der Waals surface area contributed by atoms with Gasteiger partial charge in [-0.15, -0.1) is 0 Å². The van der Waals surface area contributed by atoms with Crippen LogP contribution in [0.15, 0.2) is 47.1 Å². The second kappa shape index (κ2) is 7.28. The largest absolute Gasteiger partial charge is 0.339 e. The molecule has 0 saturated heterocycles. The number of halogens is 2. The van der Waals surface area contributed by atoms with Crippen LogP contribution in [0.4, 0.5) is 0 Å². The highest BCUT2D eigenvalue weighted by atomic mass is 35.5. The Balaban J connectivity index is 1.66. The molecule has 0 radical (unpaired) electrons. The Morgan fingerprint density at radius 3 is 2.83 bits per heavy atom. The molecule has 2 heterocycles. The first-order valence-corrected chi connectivity index (χ1v) is 7.66. The van der Waals surface area contributed by atoms with Crippen molar-refractivity contribution in [3.63, 3.8) is 0 Å². The van der Waals surface area contributed by atoms with Gasteiger partial charge in [-0.3, -0.25) is 0 Å². The molecule has 0 unspecified atom stereocenters. The van der Waals surface area contributed by atoms with Gasteiger partial charge in [0, 0.05) is 24.6 Å². The monoisotopic (exact) mass is 343 g/mol. The van der Waals surface area contributed by atoms with E-state index in [-0.39, 0.29) is 0 Å². The molecule has 3 rings (SSSR count). The lowest BCUT2D eigenvalue weighted by Gasteiger charge is -1.99. The van der Waals surface area contributed by atoms with Gasteiger partial charge in [0.25, 0.3) is 0 Å². The van der Waals surface area contributed by atoms with Gasteiger partial charge in [0.15, 0.2) is 0 Å². The van der Waals surface area contributed by atoms with Crippen molar-refractivity contribution in [1.82, 2.24) is 15.1 Å². The Bertz CT molecular complexity index is 866. The predicted molar refractivity (Wildman–Crippen MR) is 89.2 cm³/mol. The van der Waals surface area contributed by atoms with Gasteiger partial charge >= 0.3 is 0 Å². The maximum absolute atomic E-state index is 6.15. The molecule has 0 amide bonds. The van der Waals surface area contributed by atoms with Crippen LogP contribution in [0, 0.1) is 11.8 Å². The van der Waals surface area contributed by atoms with Crippen LogP contribution in [0.1, 0.15) is 18.0 Å². The fourth-order valence-corrected chi connectivity index (χ4v) is 2.29. The van der Waals surface area contributed by atoms with Gasteiger partial charge in [-0.1, -0.05) is 46.4 Å². The highest BCUT2D eigenvalue weighted by Crippen LogP contribution is 2.31. The number of nitrogens with zero attached hydrogens (tertiary/aromatic N) is 3. The molecule has 3 aromatic rings. The summed E-state index contributed by atoms with van der Waals surface area (Å²) in [6, 6.07) is 10.9. The van der Waals surface area contributed by atoms with Crippen molar-refractivity contribution in [2.75, 3.05) is 0 Å². The summed E-state index contributed by atoms with van der Waals surface area (Å²) in [5, 5.41) is 4.80. The molecule has 114 valence electrons. The van der Waals surface area contributed by atoms with E-state index in [0.717, 1.165) is 5.69 Å². The molecular weight excluding hydrogens is 333 g/mol. The number of aromatic nitrogens is 3. The average Bonchev–Trinajstić information content (AvgIpc) is 3.04. The zero-order chi connectivity index (χ0) is 16.1. The van der Waals surface area contributed by atoms with Gasteiger partial charge in [0.1, 0.15) is 5.69 Å². The van der Waals surface area contributed by atoms with Crippen molar-refractivity contribution in [3.8, 4) is 23.2 Å². The number of aryl methyl sites for hydroxylation is 1. The molecule has 1 aromatic carbocycles. The summed E-state index contributed by atoms with van der Waals surface area (Å²) in [6.45, 7) is 0. The Morgan fingerprint density at radius 2 is 2.00 bits per heavy atom. The normalized spacial score (nSPS) is 10.2. The van der Waals surface area contributed by atoms with E-state index in [2.05, 4.69) is 27.0 Å². The Morgan fingerprint density at radius 1 is 1.09 bits per heavy atom. The maximum Gasteiger partial charge on any atom is 0.227 e. The van der Waals surface area contributed by atoms with Crippen molar-refractivity contribution >= 4 is 23.2 Å². The topological polar surface area (TPSA) is 51.8 Å². The van der Waals surface area contributed by atoms with E-state index in [4.69, 9.17) is 27.7 Å². The molecule has 0 saturated carbocycles. The quantitative estimate of drug-likeness (QED) is 0.660. The van der Waals surface area contributed by atoms with Crippen LogP contribution in [0.5, 0.6) is 0 Å². The van der Waals surface area contributed by atoms with Crippen LogP contribution in [0.25, 0.3) is 11.4 Å². The van der Waals surface area contributed by atoms with E-state index in [0.29, 0.717) is 40.2 Å². The van der Waals surface area contributed by atoms with Crippen LogP contribution in [-0.4, -0.2) is 15.1 Å². The van der Waals surface area contributed by atoms with Crippen LogP contribution >= 0.6 is 23.2 Å². The molecule has 0 aliphatic heterocycles. The third-order valence-corrected chi connectivity index (χ3v) is 3.82. The minimum absolute atomic E-state index is 0.413. The molecule has 0 aliphatic rings. The molecule has 23 heavy (non-hydrogen) atoms.